The second kappa shape index (κ2) is 8.36. The maximum absolute atomic E-state index is 12.6. The van der Waals surface area contributed by atoms with Crippen LogP contribution in [-0.4, -0.2) is 48.4 Å². The summed E-state index contributed by atoms with van der Waals surface area (Å²) in [4.78, 5) is 14.4. The number of amides is 1. The maximum atomic E-state index is 12.6. The smallest absolute Gasteiger partial charge is 0.338 e. The molecule has 0 saturated carbocycles. The maximum Gasteiger partial charge on any atom is 0.416 e. The molecule has 0 atom stereocenters. The molecule has 1 aromatic heterocycles. The van der Waals surface area contributed by atoms with Gasteiger partial charge in [0.15, 0.2) is 0 Å². The van der Waals surface area contributed by atoms with E-state index in [0.29, 0.717) is 36.5 Å². The monoisotopic (exact) mass is 448 g/mol. The van der Waals surface area contributed by atoms with Crippen LogP contribution in [0.4, 0.5) is 13.2 Å². The van der Waals surface area contributed by atoms with E-state index in [1.165, 1.54) is 0 Å². The standard InChI is InChI=1S/C17H19F3N4O3S2/c1-11-15(28-23-22-11)16(25)24-8-6-12(7-9-24)10-21-29(26,27)14-4-2-13(3-5-14)17(18,19)20/h2-5,12,21H,6-10H2,1H3. The highest BCUT2D eigenvalue weighted by Gasteiger charge is 2.31. The first-order valence-corrected chi connectivity index (χ1v) is 11.1. The Labute approximate surface area is 170 Å². The van der Waals surface area contributed by atoms with Gasteiger partial charge in [0.25, 0.3) is 5.91 Å². The minimum Gasteiger partial charge on any atom is -0.338 e. The Morgan fingerprint density at radius 3 is 2.38 bits per heavy atom. The van der Waals surface area contributed by atoms with Crippen molar-refractivity contribution in [2.75, 3.05) is 19.6 Å². The van der Waals surface area contributed by atoms with E-state index in [1.807, 2.05) is 0 Å². The van der Waals surface area contributed by atoms with Crippen LogP contribution in [0.1, 0.15) is 33.8 Å². The Morgan fingerprint density at radius 1 is 1.24 bits per heavy atom. The van der Waals surface area contributed by atoms with Gasteiger partial charge in [-0.2, -0.15) is 13.2 Å². The van der Waals surface area contributed by atoms with E-state index in [1.54, 1.807) is 11.8 Å². The molecule has 7 nitrogen and oxygen atoms in total. The zero-order valence-corrected chi connectivity index (χ0v) is 17.1. The Morgan fingerprint density at radius 2 is 1.86 bits per heavy atom. The lowest BCUT2D eigenvalue weighted by Crippen LogP contribution is -2.41. The molecule has 3 rings (SSSR count). The number of benzene rings is 1. The highest BCUT2D eigenvalue weighted by atomic mass is 32.2. The molecule has 0 unspecified atom stereocenters. The molecule has 0 aliphatic carbocycles. The molecule has 0 bridgehead atoms. The largest absolute Gasteiger partial charge is 0.416 e. The second-order valence-electron chi connectivity index (χ2n) is 6.80. The number of sulfonamides is 1. The van der Waals surface area contributed by atoms with E-state index in [4.69, 9.17) is 0 Å². The van der Waals surface area contributed by atoms with Gasteiger partial charge in [-0.15, -0.1) is 5.10 Å². The quantitative estimate of drug-likeness (QED) is 0.759. The molecule has 1 aliphatic heterocycles. The van der Waals surface area contributed by atoms with Crippen LogP contribution in [0.5, 0.6) is 0 Å². The molecular weight excluding hydrogens is 429 g/mol. The van der Waals surface area contributed by atoms with Crippen molar-refractivity contribution in [2.24, 2.45) is 5.92 Å². The van der Waals surface area contributed by atoms with Gasteiger partial charge in [-0.1, -0.05) is 4.49 Å². The molecule has 1 saturated heterocycles. The summed E-state index contributed by atoms with van der Waals surface area (Å²) in [6.45, 7) is 2.86. The molecule has 1 aromatic carbocycles. The first kappa shape index (κ1) is 21.7. The number of likely N-dealkylation sites (tertiary alicyclic amines) is 1. The number of aryl methyl sites for hydroxylation is 1. The zero-order valence-electron chi connectivity index (χ0n) is 15.4. The molecule has 2 heterocycles. The van der Waals surface area contributed by atoms with E-state index in [2.05, 4.69) is 14.3 Å². The summed E-state index contributed by atoms with van der Waals surface area (Å²) in [5, 5.41) is 3.83. The molecular formula is C17H19F3N4O3S2. The zero-order chi connectivity index (χ0) is 21.2. The molecule has 158 valence electrons. The SMILES string of the molecule is Cc1nnsc1C(=O)N1CCC(CNS(=O)(=O)c2ccc(C(F)(F)F)cc2)CC1. The third kappa shape index (κ3) is 5.11. The van der Waals surface area contributed by atoms with Crippen molar-refractivity contribution in [2.45, 2.75) is 30.8 Å². The van der Waals surface area contributed by atoms with E-state index in [-0.39, 0.29) is 23.3 Å². The van der Waals surface area contributed by atoms with Crippen LogP contribution in [0.2, 0.25) is 0 Å². The van der Waals surface area contributed by atoms with Crippen LogP contribution in [0, 0.1) is 12.8 Å². The van der Waals surface area contributed by atoms with E-state index in [9.17, 15) is 26.4 Å². The normalized spacial score (nSPS) is 16.2. The Balaban J connectivity index is 1.53. The minimum absolute atomic E-state index is 0.0314. The number of nitrogens with zero attached hydrogens (tertiary/aromatic N) is 3. The lowest BCUT2D eigenvalue weighted by Gasteiger charge is -2.31. The number of piperidine rings is 1. The number of alkyl halides is 3. The fourth-order valence-corrected chi connectivity index (χ4v) is 4.79. The first-order chi connectivity index (χ1) is 13.6. The Kier molecular flexibility index (Phi) is 6.24. The van der Waals surface area contributed by atoms with Gasteiger partial charge in [-0.3, -0.25) is 4.79 Å². The van der Waals surface area contributed by atoms with Gasteiger partial charge in [0.1, 0.15) is 4.88 Å². The molecule has 29 heavy (non-hydrogen) atoms. The van der Waals surface area contributed by atoms with Gasteiger partial charge in [0, 0.05) is 19.6 Å². The van der Waals surface area contributed by atoms with Gasteiger partial charge < -0.3 is 4.90 Å². The van der Waals surface area contributed by atoms with Crippen molar-refractivity contribution in [3.05, 3.63) is 40.4 Å². The van der Waals surface area contributed by atoms with Crippen molar-refractivity contribution in [1.82, 2.24) is 19.2 Å². The lowest BCUT2D eigenvalue weighted by molar-refractivity contribution is -0.137. The van der Waals surface area contributed by atoms with Crippen molar-refractivity contribution < 1.29 is 26.4 Å². The van der Waals surface area contributed by atoms with E-state index >= 15 is 0 Å². The number of nitrogens with one attached hydrogen (secondary N) is 1. The number of hydrogen-bond donors (Lipinski definition) is 1. The third-order valence-electron chi connectivity index (χ3n) is 4.80. The number of hydrogen-bond acceptors (Lipinski definition) is 6. The summed E-state index contributed by atoms with van der Waals surface area (Å²) in [7, 11) is -3.91. The minimum atomic E-state index is -4.52. The molecule has 1 aliphatic rings. The summed E-state index contributed by atoms with van der Waals surface area (Å²) < 4.78 is 68.7. The van der Waals surface area contributed by atoms with Gasteiger partial charge >= 0.3 is 6.18 Å². The molecule has 2 aromatic rings. The van der Waals surface area contributed by atoms with Crippen LogP contribution in [0.3, 0.4) is 0 Å². The second-order valence-corrected chi connectivity index (χ2v) is 9.32. The predicted molar refractivity (Wildman–Crippen MR) is 99.9 cm³/mol. The average molecular weight is 448 g/mol. The van der Waals surface area contributed by atoms with Crippen molar-refractivity contribution in [1.29, 1.82) is 0 Å². The number of carbonyl (C=O) groups is 1. The van der Waals surface area contributed by atoms with Gasteiger partial charge in [0.2, 0.25) is 10.0 Å². The fourth-order valence-electron chi connectivity index (χ4n) is 3.05. The molecule has 0 radical (unpaired) electrons. The van der Waals surface area contributed by atoms with Crippen LogP contribution < -0.4 is 4.72 Å². The fraction of sp³-hybridized carbons (Fsp3) is 0.471. The Bertz CT molecular complexity index is 967. The van der Waals surface area contributed by atoms with Crippen molar-refractivity contribution in [3.8, 4) is 0 Å². The van der Waals surface area contributed by atoms with Crippen LogP contribution in [0.25, 0.3) is 0 Å². The van der Waals surface area contributed by atoms with Gasteiger partial charge in [0.05, 0.1) is 16.2 Å². The average Bonchev–Trinajstić information content (AvgIpc) is 3.11. The van der Waals surface area contributed by atoms with Crippen molar-refractivity contribution in [3.63, 3.8) is 0 Å². The third-order valence-corrected chi connectivity index (χ3v) is 7.06. The number of halogens is 3. The van der Waals surface area contributed by atoms with Gasteiger partial charge in [-0.05, 0) is 61.5 Å². The Hall–Kier alpha value is -2.05. The summed E-state index contributed by atoms with van der Waals surface area (Å²) in [6.07, 6.45) is -3.28. The van der Waals surface area contributed by atoms with E-state index in [0.717, 1.165) is 35.8 Å². The first-order valence-electron chi connectivity index (χ1n) is 8.83. The van der Waals surface area contributed by atoms with E-state index < -0.39 is 21.8 Å². The van der Waals surface area contributed by atoms with Crippen molar-refractivity contribution >= 4 is 27.5 Å². The molecule has 1 N–H and O–H groups in total. The number of carbonyl (C=O) groups excluding carboxylic acids is 1. The topological polar surface area (TPSA) is 92.3 Å². The molecule has 0 spiro atoms. The summed E-state index contributed by atoms with van der Waals surface area (Å²) in [6, 6.07) is 3.37. The van der Waals surface area contributed by atoms with Crippen LogP contribution >= 0.6 is 11.5 Å². The predicted octanol–water partition coefficient (Wildman–Crippen LogP) is 2.70. The van der Waals surface area contributed by atoms with Gasteiger partial charge in [-0.25, -0.2) is 13.1 Å². The summed E-state index contributed by atoms with van der Waals surface area (Å²) in [5.41, 5.74) is -0.314. The highest BCUT2D eigenvalue weighted by molar-refractivity contribution is 7.89. The number of rotatable bonds is 5. The highest BCUT2D eigenvalue weighted by Crippen LogP contribution is 2.29. The lowest BCUT2D eigenvalue weighted by atomic mass is 9.97. The van der Waals surface area contributed by atoms with Crippen LogP contribution in [0.15, 0.2) is 29.2 Å². The van der Waals surface area contributed by atoms with Crippen LogP contribution in [-0.2, 0) is 16.2 Å². The molecule has 1 fully saturated rings. The summed E-state index contributed by atoms with van der Waals surface area (Å²) >= 11 is 1.05. The summed E-state index contributed by atoms with van der Waals surface area (Å²) in [5.74, 6) is -0.0924. The molecule has 12 heteroatoms. The number of aromatic nitrogens is 2. The molecule has 1 amide bonds.